The zero-order valence-electron chi connectivity index (χ0n) is 13.6. The van der Waals surface area contributed by atoms with E-state index in [1.165, 1.54) is 0 Å². The molecule has 0 aromatic heterocycles. The number of carbonyl (C=O) groups excluding carboxylic acids is 3. The fraction of sp³-hybridized carbons (Fsp3) is 0.786. The first kappa shape index (κ1) is 20.3. The van der Waals surface area contributed by atoms with Crippen LogP contribution in [0.2, 0.25) is 0 Å². The normalized spacial score (nSPS) is 12.4. The van der Waals surface area contributed by atoms with Crippen LogP contribution in [0.5, 0.6) is 0 Å². The van der Waals surface area contributed by atoms with Crippen LogP contribution in [0, 0.1) is 0 Å². The van der Waals surface area contributed by atoms with Crippen molar-refractivity contribution in [2.75, 3.05) is 19.6 Å². The Morgan fingerprint density at radius 2 is 1.73 bits per heavy atom. The molecule has 0 fully saturated rings. The van der Waals surface area contributed by atoms with Crippen molar-refractivity contribution in [2.45, 2.75) is 51.7 Å². The van der Waals surface area contributed by atoms with Gasteiger partial charge in [0.05, 0.1) is 12.6 Å². The van der Waals surface area contributed by atoms with Crippen LogP contribution < -0.4 is 22.1 Å². The summed E-state index contributed by atoms with van der Waals surface area (Å²) < 4.78 is 5.04. The molecule has 0 saturated heterocycles. The molecule has 8 heteroatoms. The third kappa shape index (κ3) is 11.0. The quantitative estimate of drug-likeness (QED) is 0.319. The summed E-state index contributed by atoms with van der Waals surface area (Å²) >= 11 is 0. The van der Waals surface area contributed by atoms with Crippen molar-refractivity contribution >= 4 is 17.8 Å². The van der Waals surface area contributed by atoms with Gasteiger partial charge in [0.1, 0.15) is 12.1 Å². The standard InChI is InChI=1S/C14H28N4O4/c1-14(2,3)22-12(20)9-17-11(19)8-18-13(21)10(16)6-4-5-7-15/h10H,4-9,15-16H2,1-3H3,(H,17,19)(H,18,21). The van der Waals surface area contributed by atoms with E-state index in [1.54, 1.807) is 20.8 Å². The highest BCUT2D eigenvalue weighted by molar-refractivity contribution is 5.88. The molecule has 0 bridgehead atoms. The van der Waals surface area contributed by atoms with Gasteiger partial charge in [0, 0.05) is 0 Å². The Labute approximate surface area is 131 Å². The van der Waals surface area contributed by atoms with Gasteiger partial charge >= 0.3 is 5.97 Å². The summed E-state index contributed by atoms with van der Waals surface area (Å²) in [6.07, 6.45) is 2.08. The number of esters is 1. The number of nitrogens with one attached hydrogen (secondary N) is 2. The minimum atomic E-state index is -0.662. The van der Waals surface area contributed by atoms with Crippen LogP contribution in [0.25, 0.3) is 0 Å². The molecular weight excluding hydrogens is 288 g/mol. The van der Waals surface area contributed by atoms with Gasteiger partial charge in [0.25, 0.3) is 0 Å². The lowest BCUT2D eigenvalue weighted by Gasteiger charge is -2.19. The highest BCUT2D eigenvalue weighted by atomic mass is 16.6. The fourth-order valence-corrected chi connectivity index (χ4v) is 1.55. The molecule has 0 aliphatic heterocycles. The number of hydrogen-bond donors (Lipinski definition) is 4. The Kier molecular flexibility index (Phi) is 9.35. The van der Waals surface area contributed by atoms with E-state index < -0.39 is 29.4 Å². The average Bonchev–Trinajstić information content (AvgIpc) is 2.40. The molecule has 0 radical (unpaired) electrons. The summed E-state index contributed by atoms with van der Waals surface area (Å²) in [6.45, 7) is 5.29. The Balaban J connectivity index is 3.89. The zero-order valence-corrected chi connectivity index (χ0v) is 13.6. The van der Waals surface area contributed by atoms with Crippen LogP contribution in [-0.2, 0) is 19.1 Å². The number of hydrogen-bond acceptors (Lipinski definition) is 6. The number of rotatable bonds is 9. The molecule has 1 atom stereocenters. The summed E-state index contributed by atoms with van der Waals surface area (Å²) in [5.74, 6) is -1.41. The summed E-state index contributed by atoms with van der Waals surface area (Å²) in [7, 11) is 0. The summed E-state index contributed by atoms with van der Waals surface area (Å²) in [6, 6.07) is -0.662. The lowest BCUT2D eigenvalue weighted by atomic mass is 10.1. The largest absolute Gasteiger partial charge is 0.459 e. The van der Waals surface area contributed by atoms with E-state index in [0.717, 1.165) is 12.8 Å². The number of amides is 2. The van der Waals surface area contributed by atoms with E-state index in [4.69, 9.17) is 16.2 Å². The fourth-order valence-electron chi connectivity index (χ4n) is 1.55. The number of unbranched alkanes of at least 4 members (excludes halogenated alkanes) is 1. The molecule has 0 aliphatic carbocycles. The van der Waals surface area contributed by atoms with Crippen molar-refractivity contribution in [1.82, 2.24) is 10.6 Å². The van der Waals surface area contributed by atoms with Crippen molar-refractivity contribution in [2.24, 2.45) is 11.5 Å². The molecule has 22 heavy (non-hydrogen) atoms. The van der Waals surface area contributed by atoms with E-state index in [2.05, 4.69) is 10.6 Å². The molecule has 2 amide bonds. The summed E-state index contributed by atoms with van der Waals surface area (Å²) in [4.78, 5) is 34.5. The van der Waals surface area contributed by atoms with Crippen LogP contribution in [0.4, 0.5) is 0 Å². The topological polar surface area (TPSA) is 137 Å². The predicted octanol–water partition coefficient (Wildman–Crippen LogP) is -0.983. The first-order valence-electron chi connectivity index (χ1n) is 7.37. The minimum absolute atomic E-state index is 0.230. The second-order valence-corrected chi connectivity index (χ2v) is 5.97. The summed E-state index contributed by atoms with van der Waals surface area (Å²) in [5.41, 5.74) is 10.4. The lowest BCUT2D eigenvalue weighted by Crippen LogP contribution is -2.46. The number of carbonyl (C=O) groups is 3. The molecule has 0 saturated carbocycles. The molecule has 0 rings (SSSR count). The Bertz CT molecular complexity index is 380. The zero-order chi connectivity index (χ0) is 17.2. The lowest BCUT2D eigenvalue weighted by molar-refractivity contribution is -0.154. The minimum Gasteiger partial charge on any atom is -0.459 e. The molecule has 0 heterocycles. The van der Waals surface area contributed by atoms with Gasteiger partial charge in [-0.3, -0.25) is 14.4 Å². The second kappa shape index (κ2) is 10.1. The SMILES string of the molecule is CC(C)(C)OC(=O)CNC(=O)CNC(=O)C(N)CCCCN. The second-order valence-electron chi connectivity index (χ2n) is 5.97. The predicted molar refractivity (Wildman–Crippen MR) is 82.7 cm³/mol. The van der Waals surface area contributed by atoms with Crippen LogP contribution in [0.1, 0.15) is 40.0 Å². The number of ether oxygens (including phenoxy) is 1. The Morgan fingerprint density at radius 1 is 1.09 bits per heavy atom. The Hall–Kier alpha value is -1.67. The average molecular weight is 316 g/mol. The van der Waals surface area contributed by atoms with Gasteiger partial charge in [-0.2, -0.15) is 0 Å². The molecule has 8 nitrogen and oxygen atoms in total. The Morgan fingerprint density at radius 3 is 2.27 bits per heavy atom. The van der Waals surface area contributed by atoms with Crippen molar-refractivity contribution in [3.8, 4) is 0 Å². The first-order chi connectivity index (χ1) is 10.2. The molecule has 0 aromatic carbocycles. The highest BCUT2D eigenvalue weighted by Gasteiger charge is 2.17. The first-order valence-corrected chi connectivity index (χ1v) is 7.37. The third-order valence-electron chi connectivity index (χ3n) is 2.58. The molecule has 0 aromatic rings. The van der Waals surface area contributed by atoms with Gasteiger partial charge in [0.2, 0.25) is 11.8 Å². The third-order valence-corrected chi connectivity index (χ3v) is 2.58. The van der Waals surface area contributed by atoms with Gasteiger partial charge in [0.15, 0.2) is 0 Å². The monoisotopic (exact) mass is 316 g/mol. The number of nitrogens with two attached hydrogens (primary N) is 2. The van der Waals surface area contributed by atoms with E-state index in [0.29, 0.717) is 13.0 Å². The van der Waals surface area contributed by atoms with Gasteiger partial charge in [-0.05, 0) is 40.2 Å². The highest BCUT2D eigenvalue weighted by Crippen LogP contribution is 2.06. The molecular formula is C14H28N4O4. The summed E-state index contributed by atoms with van der Waals surface area (Å²) in [5, 5.41) is 4.79. The van der Waals surface area contributed by atoms with Gasteiger partial charge in [-0.25, -0.2) is 0 Å². The van der Waals surface area contributed by atoms with Crippen molar-refractivity contribution in [3.63, 3.8) is 0 Å². The van der Waals surface area contributed by atoms with E-state index >= 15 is 0 Å². The maximum absolute atomic E-state index is 11.6. The van der Waals surface area contributed by atoms with Crippen LogP contribution in [-0.4, -0.2) is 49.1 Å². The van der Waals surface area contributed by atoms with Gasteiger partial charge in [-0.1, -0.05) is 6.42 Å². The van der Waals surface area contributed by atoms with Crippen LogP contribution >= 0.6 is 0 Å². The van der Waals surface area contributed by atoms with Crippen molar-refractivity contribution < 1.29 is 19.1 Å². The van der Waals surface area contributed by atoms with Gasteiger partial charge in [-0.15, -0.1) is 0 Å². The maximum atomic E-state index is 11.6. The van der Waals surface area contributed by atoms with E-state index in [1.807, 2.05) is 0 Å². The van der Waals surface area contributed by atoms with Crippen LogP contribution in [0.3, 0.4) is 0 Å². The van der Waals surface area contributed by atoms with Crippen molar-refractivity contribution in [3.05, 3.63) is 0 Å². The molecule has 1 unspecified atom stereocenters. The van der Waals surface area contributed by atoms with Gasteiger partial charge < -0.3 is 26.8 Å². The molecule has 128 valence electrons. The van der Waals surface area contributed by atoms with E-state index in [9.17, 15) is 14.4 Å². The van der Waals surface area contributed by atoms with Crippen LogP contribution in [0.15, 0.2) is 0 Å². The van der Waals surface area contributed by atoms with Crippen molar-refractivity contribution in [1.29, 1.82) is 0 Å². The molecule has 0 spiro atoms. The maximum Gasteiger partial charge on any atom is 0.325 e. The smallest absolute Gasteiger partial charge is 0.325 e. The molecule has 0 aliphatic rings. The molecule has 6 N–H and O–H groups in total. The van der Waals surface area contributed by atoms with E-state index in [-0.39, 0.29) is 13.1 Å².